The van der Waals surface area contributed by atoms with Crippen molar-refractivity contribution in [3.05, 3.63) is 29.8 Å². The zero-order valence-electron chi connectivity index (χ0n) is 16.2. The van der Waals surface area contributed by atoms with Gasteiger partial charge in [0.2, 0.25) is 5.91 Å². The van der Waals surface area contributed by atoms with Crippen LogP contribution in [0.1, 0.15) is 45.6 Å². The van der Waals surface area contributed by atoms with E-state index in [0.717, 1.165) is 24.2 Å². The Morgan fingerprint density at radius 2 is 1.77 bits per heavy atom. The summed E-state index contributed by atoms with van der Waals surface area (Å²) in [6.45, 7) is 6.80. The molecule has 6 heteroatoms. The van der Waals surface area contributed by atoms with E-state index in [2.05, 4.69) is 5.32 Å². The van der Waals surface area contributed by atoms with E-state index in [9.17, 15) is 9.59 Å². The second-order valence-corrected chi connectivity index (χ2v) is 7.66. The number of nitrogens with zero attached hydrogens (tertiary/aromatic N) is 1. The van der Waals surface area contributed by atoms with E-state index in [-0.39, 0.29) is 18.0 Å². The summed E-state index contributed by atoms with van der Waals surface area (Å²) in [5.41, 5.74) is 0.629. The highest BCUT2D eigenvalue weighted by Gasteiger charge is 2.27. The van der Waals surface area contributed by atoms with Crippen molar-refractivity contribution in [2.75, 3.05) is 20.2 Å². The van der Waals surface area contributed by atoms with Crippen LogP contribution in [0.15, 0.2) is 24.3 Å². The van der Waals surface area contributed by atoms with Gasteiger partial charge in [-0.3, -0.25) is 4.79 Å². The van der Waals surface area contributed by atoms with E-state index in [0.29, 0.717) is 25.9 Å². The second-order valence-electron chi connectivity index (χ2n) is 7.66. The SMILES string of the molecule is COc1ccc(CCC(=O)NC2CCN(C(=O)OC(C)(C)C)CC2)cc1. The zero-order valence-corrected chi connectivity index (χ0v) is 16.2. The number of amides is 2. The second kappa shape index (κ2) is 8.92. The summed E-state index contributed by atoms with van der Waals surface area (Å²) >= 11 is 0. The van der Waals surface area contributed by atoms with Gasteiger partial charge in [0.15, 0.2) is 0 Å². The number of likely N-dealkylation sites (tertiary alicyclic amines) is 1. The smallest absolute Gasteiger partial charge is 0.410 e. The van der Waals surface area contributed by atoms with Gasteiger partial charge in [-0.15, -0.1) is 0 Å². The average molecular weight is 362 g/mol. The standard InChI is InChI=1S/C20H30N2O4/c1-20(2,3)26-19(24)22-13-11-16(12-14-22)21-18(23)10-7-15-5-8-17(25-4)9-6-15/h5-6,8-9,16H,7,10-14H2,1-4H3,(H,21,23). The Balaban J connectivity index is 1.69. The normalized spacial score (nSPS) is 15.5. The molecule has 0 aromatic heterocycles. The summed E-state index contributed by atoms with van der Waals surface area (Å²) in [4.78, 5) is 25.9. The van der Waals surface area contributed by atoms with Crippen molar-refractivity contribution in [2.24, 2.45) is 0 Å². The fourth-order valence-corrected chi connectivity index (χ4v) is 2.88. The van der Waals surface area contributed by atoms with Crippen molar-refractivity contribution in [3.63, 3.8) is 0 Å². The molecule has 1 aliphatic heterocycles. The lowest BCUT2D eigenvalue weighted by Crippen LogP contribution is -2.47. The number of benzene rings is 1. The number of piperidine rings is 1. The third kappa shape index (κ3) is 6.58. The van der Waals surface area contributed by atoms with Gasteiger partial charge < -0.3 is 19.7 Å². The Morgan fingerprint density at radius 3 is 2.31 bits per heavy atom. The van der Waals surface area contributed by atoms with Crippen LogP contribution in [0.4, 0.5) is 4.79 Å². The van der Waals surface area contributed by atoms with E-state index in [1.807, 2.05) is 45.0 Å². The molecule has 0 atom stereocenters. The molecule has 0 saturated carbocycles. The van der Waals surface area contributed by atoms with Gasteiger partial charge in [-0.2, -0.15) is 0 Å². The maximum atomic E-state index is 12.2. The van der Waals surface area contributed by atoms with Crippen LogP contribution in [0.3, 0.4) is 0 Å². The summed E-state index contributed by atoms with van der Waals surface area (Å²) in [5.74, 6) is 0.867. The monoisotopic (exact) mass is 362 g/mol. The van der Waals surface area contributed by atoms with Gasteiger partial charge in [-0.25, -0.2) is 4.79 Å². The molecule has 1 aromatic rings. The Labute approximate surface area is 155 Å². The molecule has 0 spiro atoms. The molecule has 1 N–H and O–H groups in total. The van der Waals surface area contributed by atoms with Crippen molar-refractivity contribution >= 4 is 12.0 Å². The fourth-order valence-electron chi connectivity index (χ4n) is 2.88. The first-order chi connectivity index (χ1) is 12.3. The molecule has 1 heterocycles. The minimum atomic E-state index is -0.483. The predicted molar refractivity (Wildman–Crippen MR) is 100 cm³/mol. The minimum Gasteiger partial charge on any atom is -0.497 e. The molecule has 2 amide bonds. The first-order valence-corrected chi connectivity index (χ1v) is 9.17. The van der Waals surface area contributed by atoms with Gasteiger partial charge in [0, 0.05) is 25.6 Å². The molecule has 1 fully saturated rings. The van der Waals surface area contributed by atoms with Crippen LogP contribution in [0.5, 0.6) is 5.75 Å². The number of rotatable bonds is 5. The third-order valence-electron chi connectivity index (χ3n) is 4.31. The topological polar surface area (TPSA) is 67.9 Å². The quantitative estimate of drug-likeness (QED) is 0.874. The number of carbonyl (C=O) groups is 2. The van der Waals surface area contributed by atoms with Crippen molar-refractivity contribution < 1.29 is 19.1 Å². The molecule has 1 aliphatic rings. The number of hydrogen-bond donors (Lipinski definition) is 1. The fraction of sp³-hybridized carbons (Fsp3) is 0.600. The molecule has 0 bridgehead atoms. The van der Waals surface area contributed by atoms with Crippen LogP contribution in [0.25, 0.3) is 0 Å². The molecule has 1 aromatic carbocycles. The van der Waals surface area contributed by atoms with Crippen molar-refractivity contribution in [2.45, 2.75) is 58.1 Å². The largest absolute Gasteiger partial charge is 0.497 e. The molecule has 6 nitrogen and oxygen atoms in total. The van der Waals surface area contributed by atoms with E-state index >= 15 is 0 Å². The maximum absolute atomic E-state index is 12.2. The van der Waals surface area contributed by atoms with Gasteiger partial charge >= 0.3 is 6.09 Å². The van der Waals surface area contributed by atoms with Gasteiger partial charge in [-0.05, 0) is 57.7 Å². The number of methoxy groups -OCH3 is 1. The van der Waals surface area contributed by atoms with Gasteiger partial charge in [0.25, 0.3) is 0 Å². The van der Waals surface area contributed by atoms with Gasteiger partial charge in [-0.1, -0.05) is 12.1 Å². The van der Waals surface area contributed by atoms with Crippen LogP contribution < -0.4 is 10.1 Å². The van der Waals surface area contributed by atoms with Gasteiger partial charge in [0.05, 0.1) is 7.11 Å². The van der Waals surface area contributed by atoms with Crippen LogP contribution >= 0.6 is 0 Å². The van der Waals surface area contributed by atoms with Crippen LogP contribution in [0.2, 0.25) is 0 Å². The third-order valence-corrected chi connectivity index (χ3v) is 4.31. The highest BCUT2D eigenvalue weighted by Crippen LogP contribution is 2.16. The lowest BCUT2D eigenvalue weighted by atomic mass is 10.0. The Hall–Kier alpha value is -2.24. The van der Waals surface area contributed by atoms with Crippen LogP contribution in [-0.4, -0.2) is 48.7 Å². The predicted octanol–water partition coefficient (Wildman–Crippen LogP) is 3.14. The first-order valence-electron chi connectivity index (χ1n) is 9.17. The highest BCUT2D eigenvalue weighted by molar-refractivity contribution is 5.76. The molecule has 26 heavy (non-hydrogen) atoms. The summed E-state index contributed by atoms with van der Waals surface area (Å²) in [6, 6.07) is 7.88. The summed E-state index contributed by atoms with van der Waals surface area (Å²) in [5, 5.41) is 3.08. The molecule has 0 radical (unpaired) electrons. The number of aryl methyl sites for hydroxylation is 1. The first kappa shape index (κ1) is 20.1. The van der Waals surface area contributed by atoms with E-state index in [4.69, 9.17) is 9.47 Å². The lowest BCUT2D eigenvalue weighted by Gasteiger charge is -2.33. The van der Waals surface area contributed by atoms with Crippen molar-refractivity contribution in [1.29, 1.82) is 0 Å². The number of hydrogen-bond acceptors (Lipinski definition) is 4. The molecule has 0 aliphatic carbocycles. The van der Waals surface area contributed by atoms with Crippen molar-refractivity contribution in [1.82, 2.24) is 10.2 Å². The molecule has 0 unspecified atom stereocenters. The van der Waals surface area contributed by atoms with Crippen molar-refractivity contribution in [3.8, 4) is 5.75 Å². The summed E-state index contributed by atoms with van der Waals surface area (Å²) in [7, 11) is 1.64. The molecule has 2 rings (SSSR count). The summed E-state index contributed by atoms with van der Waals surface area (Å²) < 4.78 is 10.5. The van der Waals surface area contributed by atoms with Gasteiger partial charge in [0.1, 0.15) is 11.4 Å². The van der Waals surface area contributed by atoms with E-state index in [1.165, 1.54) is 0 Å². The zero-order chi connectivity index (χ0) is 19.2. The van der Waals surface area contributed by atoms with Crippen LogP contribution in [-0.2, 0) is 16.0 Å². The number of carbonyl (C=O) groups excluding carboxylic acids is 2. The molecular formula is C20H30N2O4. The molecule has 144 valence electrons. The Kier molecular flexibility index (Phi) is 6.89. The van der Waals surface area contributed by atoms with E-state index in [1.54, 1.807) is 12.0 Å². The molecule has 1 saturated heterocycles. The summed E-state index contributed by atoms with van der Waals surface area (Å²) in [6.07, 6.45) is 2.40. The molecular weight excluding hydrogens is 332 g/mol. The Morgan fingerprint density at radius 1 is 1.15 bits per heavy atom. The number of nitrogens with one attached hydrogen (secondary N) is 1. The van der Waals surface area contributed by atoms with E-state index < -0.39 is 5.60 Å². The average Bonchev–Trinajstić information content (AvgIpc) is 2.59. The lowest BCUT2D eigenvalue weighted by molar-refractivity contribution is -0.122. The number of ether oxygens (including phenoxy) is 2. The van der Waals surface area contributed by atoms with Crippen LogP contribution in [0, 0.1) is 0 Å². The minimum absolute atomic E-state index is 0.0523. The maximum Gasteiger partial charge on any atom is 0.410 e. The Bertz CT molecular complexity index is 599. The highest BCUT2D eigenvalue weighted by atomic mass is 16.6.